The summed E-state index contributed by atoms with van der Waals surface area (Å²) in [7, 11) is 0. The SMILES string of the molecule is C=C(C)C(=O)[C@@H](C)CCc1ccccc1. The van der Waals surface area contributed by atoms with Crippen molar-refractivity contribution in [2.24, 2.45) is 5.92 Å². The van der Waals surface area contributed by atoms with Gasteiger partial charge in [0.05, 0.1) is 0 Å². The topological polar surface area (TPSA) is 17.1 Å². The third-order valence-corrected chi connectivity index (χ3v) is 2.58. The molecule has 1 nitrogen and oxygen atoms in total. The Balaban J connectivity index is 2.44. The molecule has 0 aromatic heterocycles. The Morgan fingerprint density at radius 2 is 1.93 bits per heavy atom. The molecule has 0 amide bonds. The molecule has 0 aliphatic carbocycles. The van der Waals surface area contributed by atoms with Crippen LogP contribution in [0.1, 0.15) is 25.8 Å². The summed E-state index contributed by atoms with van der Waals surface area (Å²) in [5.41, 5.74) is 1.95. The summed E-state index contributed by atoms with van der Waals surface area (Å²) in [6, 6.07) is 10.3. The predicted molar refractivity (Wildman–Crippen MR) is 63.7 cm³/mol. The maximum Gasteiger partial charge on any atom is 0.160 e. The second-order valence-electron chi connectivity index (χ2n) is 4.07. The molecule has 0 saturated heterocycles. The minimum Gasteiger partial charge on any atom is -0.294 e. The molecule has 0 radical (unpaired) electrons. The molecule has 0 unspecified atom stereocenters. The summed E-state index contributed by atoms with van der Waals surface area (Å²) in [5, 5.41) is 0. The molecule has 0 heterocycles. The van der Waals surface area contributed by atoms with Gasteiger partial charge in [-0.1, -0.05) is 43.8 Å². The first-order valence-electron chi connectivity index (χ1n) is 5.35. The molecular formula is C14H18O. The highest BCUT2D eigenvalue weighted by Gasteiger charge is 2.12. The Hall–Kier alpha value is -1.37. The van der Waals surface area contributed by atoms with Crippen molar-refractivity contribution in [3.05, 3.63) is 48.0 Å². The van der Waals surface area contributed by atoms with Gasteiger partial charge in [-0.25, -0.2) is 0 Å². The van der Waals surface area contributed by atoms with Crippen LogP contribution >= 0.6 is 0 Å². The number of carbonyl (C=O) groups is 1. The highest BCUT2D eigenvalue weighted by atomic mass is 16.1. The highest BCUT2D eigenvalue weighted by Crippen LogP contribution is 2.13. The van der Waals surface area contributed by atoms with E-state index in [9.17, 15) is 4.79 Å². The van der Waals surface area contributed by atoms with Gasteiger partial charge in [0.1, 0.15) is 0 Å². The second-order valence-corrected chi connectivity index (χ2v) is 4.07. The Kier molecular flexibility index (Phi) is 4.29. The normalized spacial score (nSPS) is 12.1. The molecule has 0 saturated carbocycles. The van der Waals surface area contributed by atoms with E-state index < -0.39 is 0 Å². The number of rotatable bonds is 5. The summed E-state index contributed by atoms with van der Waals surface area (Å²) in [5.74, 6) is 0.272. The van der Waals surface area contributed by atoms with E-state index >= 15 is 0 Å². The van der Waals surface area contributed by atoms with Crippen molar-refractivity contribution in [3.63, 3.8) is 0 Å². The minimum atomic E-state index is 0.0858. The number of ketones is 1. The van der Waals surface area contributed by atoms with Gasteiger partial charge in [0.15, 0.2) is 5.78 Å². The molecular weight excluding hydrogens is 184 g/mol. The monoisotopic (exact) mass is 202 g/mol. The Bertz CT molecular complexity index is 338. The average Bonchev–Trinajstić information content (AvgIpc) is 2.26. The first kappa shape index (κ1) is 11.7. The maximum absolute atomic E-state index is 11.6. The van der Waals surface area contributed by atoms with Crippen LogP contribution in [-0.4, -0.2) is 5.78 Å². The molecule has 0 spiro atoms. The molecule has 0 bridgehead atoms. The molecule has 0 aliphatic heterocycles. The summed E-state index contributed by atoms with van der Waals surface area (Å²) in [6.45, 7) is 7.43. The van der Waals surface area contributed by atoms with E-state index in [0.717, 1.165) is 12.8 Å². The van der Waals surface area contributed by atoms with Crippen LogP contribution in [0.15, 0.2) is 42.5 Å². The van der Waals surface area contributed by atoms with E-state index in [2.05, 4.69) is 18.7 Å². The number of aryl methyl sites for hydroxylation is 1. The van der Waals surface area contributed by atoms with Crippen molar-refractivity contribution in [2.75, 3.05) is 0 Å². The second kappa shape index (κ2) is 5.50. The van der Waals surface area contributed by atoms with Gasteiger partial charge in [-0.05, 0) is 30.9 Å². The van der Waals surface area contributed by atoms with Gasteiger partial charge < -0.3 is 0 Å². The Morgan fingerprint density at radius 3 is 2.47 bits per heavy atom. The zero-order valence-electron chi connectivity index (χ0n) is 9.49. The molecule has 0 aliphatic rings. The predicted octanol–water partition coefficient (Wildman–Crippen LogP) is 3.40. The van der Waals surface area contributed by atoms with Gasteiger partial charge in [-0.15, -0.1) is 0 Å². The van der Waals surface area contributed by atoms with E-state index in [1.54, 1.807) is 6.92 Å². The van der Waals surface area contributed by atoms with E-state index in [1.165, 1.54) is 5.56 Å². The fourth-order valence-electron chi connectivity index (χ4n) is 1.58. The van der Waals surface area contributed by atoms with Crippen LogP contribution in [0.3, 0.4) is 0 Å². The van der Waals surface area contributed by atoms with E-state index in [-0.39, 0.29) is 11.7 Å². The van der Waals surface area contributed by atoms with Crippen molar-refractivity contribution in [1.82, 2.24) is 0 Å². The number of hydrogen-bond acceptors (Lipinski definition) is 1. The fourth-order valence-corrected chi connectivity index (χ4v) is 1.58. The first-order chi connectivity index (χ1) is 7.11. The fraction of sp³-hybridized carbons (Fsp3) is 0.357. The highest BCUT2D eigenvalue weighted by molar-refractivity contribution is 5.95. The largest absolute Gasteiger partial charge is 0.294 e. The Morgan fingerprint density at radius 1 is 1.33 bits per heavy atom. The van der Waals surface area contributed by atoms with E-state index in [4.69, 9.17) is 0 Å². The van der Waals surface area contributed by atoms with Gasteiger partial charge in [-0.3, -0.25) is 4.79 Å². The van der Waals surface area contributed by atoms with Gasteiger partial charge in [0, 0.05) is 5.92 Å². The number of hydrogen-bond donors (Lipinski definition) is 0. The minimum absolute atomic E-state index is 0.0858. The van der Waals surface area contributed by atoms with Crippen LogP contribution in [0.2, 0.25) is 0 Å². The third-order valence-electron chi connectivity index (χ3n) is 2.58. The van der Waals surface area contributed by atoms with Crippen molar-refractivity contribution in [1.29, 1.82) is 0 Å². The van der Waals surface area contributed by atoms with Crippen LogP contribution in [0.25, 0.3) is 0 Å². The van der Waals surface area contributed by atoms with Crippen LogP contribution in [0.5, 0.6) is 0 Å². The van der Waals surface area contributed by atoms with Gasteiger partial charge >= 0.3 is 0 Å². The molecule has 80 valence electrons. The molecule has 0 fully saturated rings. The lowest BCUT2D eigenvalue weighted by Gasteiger charge is -2.09. The number of Topliss-reactive ketones (excluding diaryl/α,β-unsaturated/α-hetero) is 1. The Labute approximate surface area is 91.8 Å². The van der Waals surface area contributed by atoms with Gasteiger partial charge in [0.2, 0.25) is 0 Å². The zero-order valence-corrected chi connectivity index (χ0v) is 9.49. The summed E-state index contributed by atoms with van der Waals surface area (Å²) < 4.78 is 0. The summed E-state index contributed by atoms with van der Waals surface area (Å²) >= 11 is 0. The molecule has 0 N–H and O–H groups in total. The lowest BCUT2D eigenvalue weighted by Crippen LogP contribution is -2.12. The zero-order chi connectivity index (χ0) is 11.3. The number of carbonyl (C=O) groups excluding carboxylic acids is 1. The molecule has 1 aromatic rings. The van der Waals surface area contributed by atoms with Gasteiger partial charge in [-0.2, -0.15) is 0 Å². The molecule has 1 rings (SSSR count). The maximum atomic E-state index is 11.6. The number of allylic oxidation sites excluding steroid dienone is 1. The van der Waals surface area contributed by atoms with Gasteiger partial charge in [0.25, 0.3) is 0 Å². The van der Waals surface area contributed by atoms with Crippen LogP contribution in [0, 0.1) is 5.92 Å². The van der Waals surface area contributed by atoms with Crippen LogP contribution in [0.4, 0.5) is 0 Å². The van der Waals surface area contributed by atoms with Crippen LogP contribution < -0.4 is 0 Å². The van der Waals surface area contributed by atoms with Crippen molar-refractivity contribution in [2.45, 2.75) is 26.7 Å². The standard InChI is InChI=1S/C14H18O/c1-11(2)14(15)12(3)9-10-13-7-5-4-6-8-13/h4-8,12H,1,9-10H2,2-3H3/t12-/m0/s1. The quantitative estimate of drug-likeness (QED) is 0.669. The summed E-state index contributed by atoms with van der Waals surface area (Å²) in [6.07, 6.45) is 1.86. The smallest absolute Gasteiger partial charge is 0.160 e. The number of benzene rings is 1. The van der Waals surface area contributed by atoms with E-state index in [1.807, 2.05) is 25.1 Å². The molecule has 15 heavy (non-hydrogen) atoms. The van der Waals surface area contributed by atoms with Crippen LogP contribution in [-0.2, 0) is 11.2 Å². The first-order valence-corrected chi connectivity index (χ1v) is 5.35. The van der Waals surface area contributed by atoms with Crippen molar-refractivity contribution < 1.29 is 4.79 Å². The lowest BCUT2D eigenvalue weighted by molar-refractivity contribution is -0.118. The molecule has 1 atom stereocenters. The molecule has 1 aromatic carbocycles. The van der Waals surface area contributed by atoms with Crippen molar-refractivity contribution in [3.8, 4) is 0 Å². The van der Waals surface area contributed by atoms with E-state index in [0.29, 0.717) is 5.57 Å². The van der Waals surface area contributed by atoms with Crippen molar-refractivity contribution >= 4 is 5.78 Å². The lowest BCUT2D eigenvalue weighted by atomic mass is 9.94. The third kappa shape index (κ3) is 3.70. The average molecular weight is 202 g/mol. The summed E-state index contributed by atoms with van der Waals surface area (Å²) in [4.78, 5) is 11.6. The molecule has 1 heteroatoms.